The summed E-state index contributed by atoms with van der Waals surface area (Å²) in [5.41, 5.74) is 1.17. The highest BCUT2D eigenvalue weighted by molar-refractivity contribution is 7.99. The molecule has 1 fully saturated rings. The molecule has 0 aliphatic carbocycles. The van der Waals surface area contributed by atoms with E-state index < -0.39 is 0 Å². The quantitative estimate of drug-likeness (QED) is 0.651. The van der Waals surface area contributed by atoms with Gasteiger partial charge in [-0.15, -0.1) is 0 Å². The minimum absolute atomic E-state index is 0.328. The Morgan fingerprint density at radius 3 is 2.61 bits per heavy atom. The van der Waals surface area contributed by atoms with E-state index in [-0.39, 0.29) is 11.2 Å². The Morgan fingerprint density at radius 1 is 1.14 bits per heavy atom. The van der Waals surface area contributed by atoms with Crippen molar-refractivity contribution < 1.29 is 4.74 Å². The second-order valence-electron chi connectivity index (χ2n) is 6.83. The molecule has 8 nitrogen and oxygen atoms in total. The molecule has 148 valence electrons. The lowest BCUT2D eigenvalue weighted by Crippen LogP contribution is -2.38. The van der Waals surface area contributed by atoms with Gasteiger partial charge in [-0.1, -0.05) is 12.1 Å². The van der Waals surface area contributed by atoms with E-state index in [1.54, 1.807) is 14.2 Å². The topological polar surface area (TPSA) is 74.3 Å². The lowest BCUT2D eigenvalue weighted by molar-refractivity contribution is 0.414. The van der Waals surface area contributed by atoms with Gasteiger partial charge in [0.2, 0.25) is 5.95 Å². The third-order valence-electron chi connectivity index (χ3n) is 5.10. The first kappa shape index (κ1) is 18.7. The van der Waals surface area contributed by atoms with Crippen LogP contribution in [-0.2, 0) is 20.6 Å². The second-order valence-corrected chi connectivity index (χ2v) is 8.05. The lowest BCUT2D eigenvalue weighted by atomic mass is 10.2. The highest BCUT2D eigenvalue weighted by Crippen LogP contribution is 2.24. The van der Waals surface area contributed by atoms with E-state index in [0.717, 1.165) is 46.4 Å². The zero-order valence-electron chi connectivity index (χ0n) is 16.2. The van der Waals surface area contributed by atoms with E-state index in [0.29, 0.717) is 17.7 Å². The van der Waals surface area contributed by atoms with Crippen LogP contribution in [0.2, 0.25) is 0 Å². The van der Waals surface area contributed by atoms with Crippen LogP contribution in [0.25, 0.3) is 11.2 Å². The summed E-state index contributed by atoms with van der Waals surface area (Å²) < 4.78 is 9.86. The van der Waals surface area contributed by atoms with Crippen LogP contribution >= 0.6 is 11.8 Å². The number of aromatic nitrogens is 4. The van der Waals surface area contributed by atoms with Crippen molar-refractivity contribution in [3.8, 4) is 5.75 Å². The van der Waals surface area contributed by atoms with Gasteiger partial charge in [-0.2, -0.15) is 16.7 Å². The smallest absolute Gasteiger partial charge is 0.332 e. The van der Waals surface area contributed by atoms with Crippen molar-refractivity contribution in [2.45, 2.75) is 6.54 Å². The number of ether oxygens (including phenoxy) is 1. The number of thioether (sulfide) groups is 1. The van der Waals surface area contributed by atoms with Gasteiger partial charge in [-0.25, -0.2) is 4.79 Å². The van der Waals surface area contributed by atoms with Crippen LogP contribution in [0.15, 0.2) is 33.9 Å². The normalized spacial score (nSPS) is 14.6. The number of hydrogen-bond donors (Lipinski definition) is 0. The maximum Gasteiger partial charge on any atom is 0.332 e. The van der Waals surface area contributed by atoms with Gasteiger partial charge in [-0.05, 0) is 17.7 Å². The van der Waals surface area contributed by atoms with Crippen molar-refractivity contribution >= 4 is 28.9 Å². The standard InChI is InChI=1S/C19H23N5O3S/c1-21-16-15(17(25)22(2)19(21)26)24(12-13-5-4-6-14(11-13)27-3)18(20-16)23-7-9-28-10-8-23/h4-6,11H,7-10,12H2,1-3H3. The van der Waals surface area contributed by atoms with Crippen LogP contribution in [0.3, 0.4) is 0 Å². The van der Waals surface area contributed by atoms with Crippen molar-refractivity contribution in [2.75, 3.05) is 36.6 Å². The van der Waals surface area contributed by atoms with Crippen molar-refractivity contribution in [3.05, 3.63) is 50.7 Å². The Kier molecular flexibility index (Phi) is 4.92. The zero-order chi connectivity index (χ0) is 19.8. The first-order valence-electron chi connectivity index (χ1n) is 9.13. The van der Waals surface area contributed by atoms with Crippen molar-refractivity contribution in [2.24, 2.45) is 14.1 Å². The van der Waals surface area contributed by atoms with Crippen molar-refractivity contribution in [1.82, 2.24) is 18.7 Å². The Morgan fingerprint density at radius 2 is 1.89 bits per heavy atom. The molecule has 1 saturated heterocycles. The van der Waals surface area contributed by atoms with Crippen molar-refractivity contribution in [3.63, 3.8) is 0 Å². The maximum absolute atomic E-state index is 13.0. The fourth-order valence-electron chi connectivity index (χ4n) is 3.54. The second kappa shape index (κ2) is 7.38. The molecule has 1 aliphatic rings. The summed E-state index contributed by atoms with van der Waals surface area (Å²) >= 11 is 1.91. The molecule has 0 N–H and O–H groups in total. The summed E-state index contributed by atoms with van der Waals surface area (Å²) in [7, 11) is 4.79. The zero-order valence-corrected chi connectivity index (χ0v) is 17.0. The number of imidazole rings is 1. The van der Waals surface area contributed by atoms with E-state index in [4.69, 9.17) is 9.72 Å². The Balaban J connectivity index is 1.95. The summed E-state index contributed by atoms with van der Waals surface area (Å²) in [6, 6.07) is 7.77. The maximum atomic E-state index is 13.0. The molecule has 4 rings (SSSR count). The number of methoxy groups -OCH3 is 1. The van der Waals surface area contributed by atoms with Crippen LogP contribution in [0.5, 0.6) is 5.75 Å². The largest absolute Gasteiger partial charge is 0.497 e. The molecule has 0 amide bonds. The highest BCUT2D eigenvalue weighted by Gasteiger charge is 2.24. The Bertz CT molecular complexity index is 1140. The van der Waals surface area contributed by atoms with Crippen LogP contribution < -0.4 is 20.9 Å². The number of aryl methyl sites for hydroxylation is 1. The first-order valence-corrected chi connectivity index (χ1v) is 10.3. The first-order chi connectivity index (χ1) is 13.5. The number of rotatable bonds is 4. The number of hydrogen-bond acceptors (Lipinski definition) is 6. The molecule has 0 atom stereocenters. The number of fused-ring (bicyclic) bond motifs is 1. The lowest BCUT2D eigenvalue weighted by Gasteiger charge is -2.28. The Labute approximate surface area is 166 Å². The molecule has 0 bridgehead atoms. The molecule has 0 unspecified atom stereocenters. The molecule has 1 aliphatic heterocycles. The monoisotopic (exact) mass is 401 g/mol. The summed E-state index contributed by atoms with van der Waals surface area (Å²) in [4.78, 5) is 32.3. The van der Waals surface area contributed by atoms with Gasteiger partial charge in [0.15, 0.2) is 11.2 Å². The average molecular weight is 401 g/mol. The molecule has 3 heterocycles. The molecule has 0 saturated carbocycles. The number of nitrogens with zero attached hydrogens (tertiary/aromatic N) is 5. The fourth-order valence-corrected chi connectivity index (χ4v) is 4.45. The van der Waals surface area contributed by atoms with Gasteiger partial charge in [0.25, 0.3) is 5.56 Å². The van der Waals surface area contributed by atoms with Crippen LogP contribution in [0.1, 0.15) is 5.56 Å². The number of benzene rings is 1. The highest BCUT2D eigenvalue weighted by atomic mass is 32.2. The van der Waals surface area contributed by atoms with Crippen molar-refractivity contribution in [1.29, 1.82) is 0 Å². The van der Waals surface area contributed by atoms with E-state index >= 15 is 0 Å². The molecule has 2 aromatic heterocycles. The molecular weight excluding hydrogens is 378 g/mol. The van der Waals surface area contributed by atoms with Gasteiger partial charge in [-0.3, -0.25) is 18.5 Å². The van der Waals surface area contributed by atoms with E-state index in [1.165, 1.54) is 11.6 Å². The molecular formula is C19H23N5O3S. The predicted octanol–water partition coefficient (Wildman–Crippen LogP) is 1.04. The molecule has 0 spiro atoms. The van der Waals surface area contributed by atoms with Gasteiger partial charge < -0.3 is 9.64 Å². The molecule has 0 radical (unpaired) electrons. The van der Waals surface area contributed by atoms with Crippen LogP contribution in [-0.4, -0.2) is 50.4 Å². The molecule has 28 heavy (non-hydrogen) atoms. The minimum Gasteiger partial charge on any atom is -0.497 e. The van der Waals surface area contributed by atoms with Crippen LogP contribution in [0, 0.1) is 0 Å². The summed E-state index contributed by atoms with van der Waals surface area (Å²) in [6.45, 7) is 2.20. The third kappa shape index (κ3) is 3.09. The average Bonchev–Trinajstić information content (AvgIpc) is 3.10. The third-order valence-corrected chi connectivity index (χ3v) is 6.04. The van der Waals surface area contributed by atoms with Gasteiger partial charge in [0.1, 0.15) is 5.75 Å². The van der Waals surface area contributed by atoms with Gasteiger partial charge in [0, 0.05) is 38.7 Å². The van der Waals surface area contributed by atoms with E-state index in [9.17, 15) is 9.59 Å². The van der Waals surface area contributed by atoms with E-state index in [1.807, 2.05) is 40.6 Å². The summed E-state index contributed by atoms with van der Waals surface area (Å²) in [5.74, 6) is 3.52. The van der Waals surface area contributed by atoms with Crippen LogP contribution in [0.4, 0.5) is 5.95 Å². The summed E-state index contributed by atoms with van der Waals surface area (Å²) in [5, 5.41) is 0. The number of anilines is 1. The SMILES string of the molecule is COc1cccc(Cn2c(N3CCSCC3)nc3c2c(=O)n(C)c(=O)n3C)c1. The fraction of sp³-hybridized carbons (Fsp3) is 0.421. The predicted molar refractivity (Wildman–Crippen MR) is 112 cm³/mol. The molecule has 3 aromatic rings. The van der Waals surface area contributed by atoms with Gasteiger partial charge >= 0.3 is 5.69 Å². The minimum atomic E-state index is -0.371. The molecule has 9 heteroatoms. The Hall–Kier alpha value is -2.68. The van der Waals surface area contributed by atoms with Gasteiger partial charge in [0.05, 0.1) is 13.7 Å². The summed E-state index contributed by atoms with van der Waals surface area (Å²) in [6.07, 6.45) is 0. The van der Waals surface area contributed by atoms with E-state index in [2.05, 4.69) is 4.90 Å². The molecule has 1 aromatic carbocycles.